The van der Waals surface area contributed by atoms with Crippen molar-refractivity contribution >= 4 is 0 Å². The Morgan fingerprint density at radius 1 is 1.62 bits per heavy atom. The van der Waals surface area contributed by atoms with E-state index in [1.165, 1.54) is 6.42 Å². The monoisotopic (exact) mass is 108 g/mol. The van der Waals surface area contributed by atoms with Gasteiger partial charge in [-0.2, -0.15) is 0 Å². The van der Waals surface area contributed by atoms with Crippen molar-refractivity contribution in [1.82, 2.24) is 0 Å². The van der Waals surface area contributed by atoms with Gasteiger partial charge in [-0.05, 0) is 18.6 Å². The molecule has 0 saturated carbocycles. The van der Waals surface area contributed by atoms with Crippen molar-refractivity contribution in [2.24, 2.45) is 0 Å². The normalized spacial score (nSPS) is 7.12. The summed E-state index contributed by atoms with van der Waals surface area (Å²) in [4.78, 5) is 0. The van der Waals surface area contributed by atoms with Gasteiger partial charge in [0.1, 0.15) is 0 Å². The van der Waals surface area contributed by atoms with Crippen LogP contribution in [-0.2, 0) is 0 Å². The second-order valence-electron chi connectivity index (χ2n) is 1.56. The maximum absolute atomic E-state index is 3.52. The van der Waals surface area contributed by atoms with Crippen molar-refractivity contribution in [2.45, 2.75) is 19.8 Å². The standard InChI is InChI=1S/C8H12/c1-3-5-7-8-6-4-2/h3,5,8H,1,4,6H2,2H3. The first-order valence-corrected chi connectivity index (χ1v) is 2.93. The summed E-state index contributed by atoms with van der Waals surface area (Å²) in [5.41, 5.74) is 2.97. The highest BCUT2D eigenvalue weighted by molar-refractivity contribution is 4.97. The third kappa shape index (κ3) is 5.26. The van der Waals surface area contributed by atoms with E-state index in [2.05, 4.69) is 19.2 Å². The SMILES string of the molecule is C=CC=C=CCCC. The highest BCUT2D eigenvalue weighted by Crippen LogP contribution is 1.84. The molecule has 0 fully saturated rings. The van der Waals surface area contributed by atoms with E-state index in [-0.39, 0.29) is 0 Å². The predicted octanol–water partition coefficient (Wildman–Crippen LogP) is 2.68. The van der Waals surface area contributed by atoms with E-state index in [1.54, 1.807) is 6.08 Å². The molecule has 0 atom stereocenters. The van der Waals surface area contributed by atoms with Crippen LogP contribution in [0.5, 0.6) is 0 Å². The van der Waals surface area contributed by atoms with Crippen LogP contribution in [0, 0.1) is 0 Å². The van der Waals surface area contributed by atoms with Gasteiger partial charge in [0.25, 0.3) is 0 Å². The van der Waals surface area contributed by atoms with Crippen molar-refractivity contribution in [3.63, 3.8) is 0 Å². The highest BCUT2D eigenvalue weighted by Gasteiger charge is 1.65. The fourth-order valence-corrected chi connectivity index (χ4v) is 0.364. The molecule has 0 aliphatic carbocycles. The average molecular weight is 108 g/mol. The topological polar surface area (TPSA) is 0 Å². The molecular formula is C8H12. The van der Waals surface area contributed by atoms with E-state index in [9.17, 15) is 0 Å². The third-order valence-corrected chi connectivity index (χ3v) is 0.765. The van der Waals surface area contributed by atoms with Gasteiger partial charge in [-0.25, -0.2) is 0 Å². The van der Waals surface area contributed by atoms with Gasteiger partial charge >= 0.3 is 0 Å². The van der Waals surface area contributed by atoms with Crippen LogP contribution < -0.4 is 0 Å². The maximum Gasteiger partial charge on any atom is -0.0209 e. The van der Waals surface area contributed by atoms with E-state index in [0.29, 0.717) is 0 Å². The van der Waals surface area contributed by atoms with E-state index >= 15 is 0 Å². The second-order valence-corrected chi connectivity index (χ2v) is 1.56. The molecule has 0 aromatic rings. The molecule has 0 aliphatic heterocycles. The first-order valence-electron chi connectivity index (χ1n) is 2.93. The van der Waals surface area contributed by atoms with E-state index in [4.69, 9.17) is 0 Å². The Balaban J connectivity index is 3.31. The molecule has 44 valence electrons. The molecule has 0 aromatic carbocycles. The van der Waals surface area contributed by atoms with E-state index in [1.807, 2.05) is 12.2 Å². The molecule has 0 N–H and O–H groups in total. The molecule has 0 radical (unpaired) electrons. The fourth-order valence-electron chi connectivity index (χ4n) is 0.364. The lowest BCUT2D eigenvalue weighted by atomic mass is 10.3. The molecule has 0 rings (SSSR count). The maximum atomic E-state index is 3.52. The van der Waals surface area contributed by atoms with Crippen LogP contribution in [0.1, 0.15) is 19.8 Å². The lowest BCUT2D eigenvalue weighted by molar-refractivity contribution is 0.960. The van der Waals surface area contributed by atoms with Gasteiger partial charge < -0.3 is 0 Å². The van der Waals surface area contributed by atoms with Gasteiger partial charge in [-0.15, -0.1) is 5.73 Å². The van der Waals surface area contributed by atoms with E-state index < -0.39 is 0 Å². The zero-order valence-electron chi connectivity index (χ0n) is 5.35. The summed E-state index contributed by atoms with van der Waals surface area (Å²) in [7, 11) is 0. The van der Waals surface area contributed by atoms with Gasteiger partial charge in [-0.3, -0.25) is 0 Å². The van der Waals surface area contributed by atoms with Gasteiger partial charge in [0.2, 0.25) is 0 Å². The lowest BCUT2D eigenvalue weighted by Gasteiger charge is -1.74. The van der Waals surface area contributed by atoms with Crippen molar-refractivity contribution in [1.29, 1.82) is 0 Å². The largest absolute Gasteiger partial charge is 0.125 e. The van der Waals surface area contributed by atoms with Crippen molar-refractivity contribution in [2.75, 3.05) is 0 Å². The van der Waals surface area contributed by atoms with Gasteiger partial charge in [0.15, 0.2) is 0 Å². The van der Waals surface area contributed by atoms with Gasteiger partial charge in [0.05, 0.1) is 0 Å². The molecule has 0 nitrogen and oxygen atoms in total. The second kappa shape index (κ2) is 6.26. The van der Waals surface area contributed by atoms with Crippen LogP contribution in [0.3, 0.4) is 0 Å². The number of hydrogen-bond acceptors (Lipinski definition) is 0. The number of hydrogen-bond donors (Lipinski definition) is 0. The molecule has 0 aromatic heterocycles. The summed E-state index contributed by atoms with van der Waals surface area (Å²) in [6.07, 6.45) is 7.87. The Kier molecular flexibility index (Phi) is 5.68. The number of unbranched alkanes of at least 4 members (excludes halogenated alkanes) is 1. The average Bonchev–Trinajstić information content (AvgIpc) is 1.81. The lowest BCUT2D eigenvalue weighted by Crippen LogP contribution is -1.55. The van der Waals surface area contributed by atoms with Gasteiger partial charge in [-0.1, -0.05) is 26.0 Å². The Bertz CT molecular complexity index is 103. The summed E-state index contributed by atoms with van der Waals surface area (Å²) in [5.74, 6) is 0. The van der Waals surface area contributed by atoms with Crippen LogP contribution in [0.15, 0.2) is 30.5 Å². The van der Waals surface area contributed by atoms with Crippen molar-refractivity contribution < 1.29 is 0 Å². The smallest absolute Gasteiger partial charge is 0.0209 e. The van der Waals surface area contributed by atoms with Crippen LogP contribution in [0.25, 0.3) is 0 Å². The molecule has 0 bridgehead atoms. The minimum absolute atomic E-state index is 1.12. The molecule has 0 aliphatic rings. The van der Waals surface area contributed by atoms with Crippen LogP contribution in [0.4, 0.5) is 0 Å². The van der Waals surface area contributed by atoms with Gasteiger partial charge in [0, 0.05) is 0 Å². The summed E-state index contributed by atoms with van der Waals surface area (Å²) in [6.45, 7) is 5.67. The van der Waals surface area contributed by atoms with Crippen LogP contribution in [0.2, 0.25) is 0 Å². The molecule has 0 heteroatoms. The predicted molar refractivity (Wildman–Crippen MR) is 37.8 cm³/mol. The zero-order valence-corrected chi connectivity index (χ0v) is 5.35. The Labute approximate surface area is 51.2 Å². The molecule has 0 saturated heterocycles. The third-order valence-electron chi connectivity index (χ3n) is 0.765. The molecule has 0 unspecified atom stereocenters. The number of allylic oxidation sites excluding steroid dienone is 2. The first kappa shape index (κ1) is 7.26. The summed E-state index contributed by atoms with van der Waals surface area (Å²) in [6, 6.07) is 0. The molecule has 8 heavy (non-hydrogen) atoms. The Morgan fingerprint density at radius 3 is 2.88 bits per heavy atom. The summed E-state index contributed by atoms with van der Waals surface area (Å²) < 4.78 is 0. The Hall–Kier alpha value is -0.740. The zero-order chi connectivity index (χ0) is 6.24. The molecular weight excluding hydrogens is 96.1 g/mol. The molecule has 0 amide bonds. The molecule has 0 spiro atoms. The van der Waals surface area contributed by atoms with E-state index in [0.717, 1.165) is 6.42 Å². The minimum atomic E-state index is 1.12. The van der Waals surface area contributed by atoms with Crippen molar-refractivity contribution in [3.8, 4) is 0 Å². The number of rotatable bonds is 3. The quantitative estimate of drug-likeness (QED) is 0.385. The highest BCUT2D eigenvalue weighted by atomic mass is 13.7. The van der Waals surface area contributed by atoms with Crippen LogP contribution in [-0.4, -0.2) is 0 Å². The minimum Gasteiger partial charge on any atom is -0.125 e. The first-order chi connectivity index (χ1) is 3.91. The van der Waals surface area contributed by atoms with Crippen molar-refractivity contribution in [3.05, 3.63) is 30.5 Å². The summed E-state index contributed by atoms with van der Waals surface area (Å²) in [5, 5.41) is 0. The Morgan fingerprint density at radius 2 is 2.38 bits per heavy atom. The summed E-state index contributed by atoms with van der Waals surface area (Å²) >= 11 is 0. The van der Waals surface area contributed by atoms with Crippen LogP contribution >= 0.6 is 0 Å². The molecule has 0 heterocycles. The fraction of sp³-hybridized carbons (Fsp3) is 0.375.